The van der Waals surface area contributed by atoms with Gasteiger partial charge >= 0.3 is 0 Å². The number of nitrogens with one attached hydrogen (secondary N) is 1. The molecule has 7 heteroatoms. The molecule has 1 fully saturated rings. The molecule has 1 N–H and O–H groups in total. The first-order valence-corrected chi connectivity index (χ1v) is 9.56. The number of rotatable bonds is 4. The van der Waals surface area contributed by atoms with Gasteiger partial charge in [-0.25, -0.2) is 0 Å². The summed E-state index contributed by atoms with van der Waals surface area (Å²) in [7, 11) is 0. The van der Waals surface area contributed by atoms with Crippen molar-refractivity contribution in [2.75, 3.05) is 0 Å². The van der Waals surface area contributed by atoms with Gasteiger partial charge in [0.25, 0.3) is 11.8 Å². The molecule has 0 spiro atoms. The van der Waals surface area contributed by atoms with Crippen LogP contribution in [0.5, 0.6) is 0 Å². The van der Waals surface area contributed by atoms with Gasteiger partial charge in [0.15, 0.2) is 0 Å². The van der Waals surface area contributed by atoms with Crippen molar-refractivity contribution in [3.63, 3.8) is 0 Å². The Kier molecular flexibility index (Phi) is 4.53. The topological polar surface area (TPSA) is 83.6 Å². The highest BCUT2D eigenvalue weighted by Gasteiger charge is 2.45. The Balaban J connectivity index is 1.61. The summed E-state index contributed by atoms with van der Waals surface area (Å²) in [6.45, 7) is 0. The minimum absolute atomic E-state index is 0.111. The molecule has 1 atom stereocenters. The maximum atomic E-state index is 13.0. The van der Waals surface area contributed by atoms with Crippen LogP contribution in [0.2, 0.25) is 0 Å². The van der Waals surface area contributed by atoms with Crippen molar-refractivity contribution < 1.29 is 19.2 Å². The van der Waals surface area contributed by atoms with E-state index in [1.165, 1.54) is 11.8 Å². The second kappa shape index (κ2) is 7.00. The molecule has 0 saturated carbocycles. The zero-order valence-electron chi connectivity index (χ0n) is 14.3. The fourth-order valence-electron chi connectivity index (χ4n) is 3.34. The van der Waals surface area contributed by atoms with E-state index in [4.69, 9.17) is 0 Å². The Morgan fingerprint density at radius 3 is 2.48 bits per heavy atom. The molecular formula is C20H16N2O4S. The summed E-state index contributed by atoms with van der Waals surface area (Å²) >= 11 is 1.48. The molecule has 6 nitrogen and oxygen atoms in total. The van der Waals surface area contributed by atoms with Gasteiger partial charge in [0.2, 0.25) is 11.8 Å². The third-order valence-corrected chi connectivity index (χ3v) is 5.80. The maximum Gasteiger partial charge on any atom is 0.263 e. The molecule has 2 aliphatic heterocycles. The summed E-state index contributed by atoms with van der Waals surface area (Å²) < 4.78 is 0. The number of fused-ring (bicyclic) bond motifs is 1. The van der Waals surface area contributed by atoms with Crippen molar-refractivity contribution in [1.82, 2.24) is 10.2 Å². The van der Waals surface area contributed by atoms with E-state index in [1.807, 2.05) is 36.4 Å². The standard InChI is InChI=1S/C20H16N2O4S/c23-16-10-9-14(18(24)21-16)22-19(25)13-7-4-8-15(17(13)20(22)26)27-11-12-5-2-1-3-6-12/h1-8,14H,9-11H2,(H,21,23,24). The smallest absolute Gasteiger partial charge is 0.263 e. The first-order chi connectivity index (χ1) is 13.1. The second-order valence-electron chi connectivity index (χ2n) is 6.40. The summed E-state index contributed by atoms with van der Waals surface area (Å²) in [6, 6.07) is 14.0. The number of piperidine rings is 1. The number of amides is 4. The predicted molar refractivity (Wildman–Crippen MR) is 99.1 cm³/mol. The molecule has 0 radical (unpaired) electrons. The van der Waals surface area contributed by atoms with Gasteiger partial charge in [0.05, 0.1) is 11.1 Å². The van der Waals surface area contributed by atoms with Crippen LogP contribution < -0.4 is 5.32 Å². The number of imide groups is 2. The molecule has 4 amide bonds. The molecule has 2 heterocycles. The highest BCUT2D eigenvalue weighted by atomic mass is 32.2. The van der Waals surface area contributed by atoms with Crippen molar-refractivity contribution in [2.45, 2.75) is 29.5 Å². The van der Waals surface area contributed by atoms with Crippen LogP contribution in [0.15, 0.2) is 53.4 Å². The molecule has 2 aromatic carbocycles. The number of carbonyl (C=O) groups excluding carboxylic acids is 4. The van der Waals surface area contributed by atoms with E-state index in [1.54, 1.807) is 12.1 Å². The van der Waals surface area contributed by atoms with Gasteiger partial charge in [-0.15, -0.1) is 11.8 Å². The normalized spacial score (nSPS) is 19.3. The zero-order valence-corrected chi connectivity index (χ0v) is 15.1. The molecule has 1 saturated heterocycles. The van der Waals surface area contributed by atoms with Crippen molar-refractivity contribution in [2.24, 2.45) is 0 Å². The van der Waals surface area contributed by atoms with Crippen LogP contribution in [0, 0.1) is 0 Å². The molecule has 0 aromatic heterocycles. The highest BCUT2D eigenvalue weighted by Crippen LogP contribution is 2.35. The van der Waals surface area contributed by atoms with Gasteiger partial charge < -0.3 is 0 Å². The lowest BCUT2D eigenvalue weighted by Crippen LogP contribution is -2.54. The Morgan fingerprint density at radius 2 is 1.74 bits per heavy atom. The van der Waals surface area contributed by atoms with E-state index in [-0.39, 0.29) is 18.7 Å². The lowest BCUT2D eigenvalue weighted by molar-refractivity contribution is -0.136. The maximum absolute atomic E-state index is 13.0. The fraction of sp³-hybridized carbons (Fsp3) is 0.200. The third-order valence-electron chi connectivity index (χ3n) is 4.67. The SMILES string of the molecule is O=C1CCC(N2C(=O)c3cccc(SCc4ccccc4)c3C2=O)C(=O)N1. The first-order valence-electron chi connectivity index (χ1n) is 8.57. The third kappa shape index (κ3) is 3.14. The lowest BCUT2D eigenvalue weighted by atomic mass is 10.0. The van der Waals surface area contributed by atoms with Gasteiger partial charge in [-0.05, 0) is 24.1 Å². The first kappa shape index (κ1) is 17.5. The summed E-state index contributed by atoms with van der Waals surface area (Å²) in [5.41, 5.74) is 1.76. The van der Waals surface area contributed by atoms with E-state index < -0.39 is 23.8 Å². The molecule has 0 bridgehead atoms. The number of nitrogens with zero attached hydrogens (tertiary/aromatic N) is 1. The number of hydrogen-bond donors (Lipinski definition) is 1. The summed E-state index contributed by atoms with van der Waals surface area (Å²) in [6.07, 6.45) is 0.266. The average Bonchev–Trinajstić information content (AvgIpc) is 2.93. The van der Waals surface area contributed by atoms with Gasteiger partial charge in [0.1, 0.15) is 6.04 Å². The van der Waals surface area contributed by atoms with Crippen molar-refractivity contribution >= 4 is 35.4 Å². The van der Waals surface area contributed by atoms with Crippen molar-refractivity contribution in [3.05, 3.63) is 65.2 Å². The van der Waals surface area contributed by atoms with Crippen LogP contribution in [-0.4, -0.2) is 34.6 Å². The summed E-state index contributed by atoms with van der Waals surface area (Å²) in [5, 5.41) is 2.21. The van der Waals surface area contributed by atoms with Crippen LogP contribution in [0.3, 0.4) is 0 Å². The number of benzene rings is 2. The van der Waals surface area contributed by atoms with E-state index in [2.05, 4.69) is 5.32 Å². The predicted octanol–water partition coefficient (Wildman–Crippen LogP) is 2.38. The van der Waals surface area contributed by atoms with E-state index >= 15 is 0 Å². The van der Waals surface area contributed by atoms with Crippen LogP contribution in [0.4, 0.5) is 0 Å². The summed E-state index contributed by atoms with van der Waals surface area (Å²) in [4.78, 5) is 51.0. The van der Waals surface area contributed by atoms with Crippen molar-refractivity contribution in [1.29, 1.82) is 0 Å². The molecular weight excluding hydrogens is 364 g/mol. The monoisotopic (exact) mass is 380 g/mol. The van der Waals surface area contributed by atoms with Crippen LogP contribution in [0.1, 0.15) is 39.1 Å². The molecule has 136 valence electrons. The minimum Gasteiger partial charge on any atom is -0.295 e. The Morgan fingerprint density at radius 1 is 0.963 bits per heavy atom. The van der Waals surface area contributed by atoms with E-state index in [0.29, 0.717) is 21.8 Å². The number of hydrogen-bond acceptors (Lipinski definition) is 5. The molecule has 1 unspecified atom stereocenters. The quantitative estimate of drug-likeness (QED) is 0.650. The zero-order chi connectivity index (χ0) is 19.0. The minimum atomic E-state index is -0.943. The van der Waals surface area contributed by atoms with E-state index in [9.17, 15) is 19.2 Å². The number of thioether (sulfide) groups is 1. The lowest BCUT2D eigenvalue weighted by Gasteiger charge is -2.27. The summed E-state index contributed by atoms with van der Waals surface area (Å²) in [5.74, 6) is -1.27. The molecule has 27 heavy (non-hydrogen) atoms. The number of carbonyl (C=O) groups is 4. The Hall–Kier alpha value is -2.93. The van der Waals surface area contributed by atoms with Crippen LogP contribution >= 0.6 is 11.8 Å². The average molecular weight is 380 g/mol. The Bertz CT molecular complexity index is 958. The molecule has 2 aromatic rings. The van der Waals surface area contributed by atoms with Crippen LogP contribution in [-0.2, 0) is 15.3 Å². The van der Waals surface area contributed by atoms with Gasteiger partial charge in [-0.1, -0.05) is 36.4 Å². The van der Waals surface area contributed by atoms with Gasteiger partial charge in [-0.2, -0.15) is 0 Å². The Labute approximate surface area is 159 Å². The highest BCUT2D eigenvalue weighted by molar-refractivity contribution is 7.98. The van der Waals surface area contributed by atoms with Gasteiger partial charge in [-0.3, -0.25) is 29.4 Å². The van der Waals surface area contributed by atoms with E-state index in [0.717, 1.165) is 10.5 Å². The fourth-order valence-corrected chi connectivity index (χ4v) is 4.37. The second-order valence-corrected chi connectivity index (χ2v) is 7.42. The van der Waals surface area contributed by atoms with Crippen molar-refractivity contribution in [3.8, 4) is 0 Å². The molecule has 2 aliphatic rings. The molecule has 0 aliphatic carbocycles. The molecule has 4 rings (SSSR count). The van der Waals surface area contributed by atoms with Gasteiger partial charge in [0, 0.05) is 17.1 Å². The largest absolute Gasteiger partial charge is 0.295 e. The van der Waals surface area contributed by atoms with Crippen LogP contribution in [0.25, 0.3) is 0 Å².